The van der Waals surface area contributed by atoms with Crippen molar-refractivity contribution in [3.05, 3.63) is 29.6 Å². The zero-order valence-corrected chi connectivity index (χ0v) is 12.6. The van der Waals surface area contributed by atoms with Crippen molar-refractivity contribution >= 4 is 17.3 Å². The van der Waals surface area contributed by atoms with Crippen LogP contribution in [0, 0.1) is 11.7 Å². The Labute approximate surface area is 120 Å². The van der Waals surface area contributed by atoms with Gasteiger partial charge >= 0.3 is 0 Å². The molecular formula is C16H23ClFN. The Kier molecular flexibility index (Phi) is 5.09. The lowest BCUT2D eigenvalue weighted by Crippen LogP contribution is -2.36. The highest BCUT2D eigenvalue weighted by Crippen LogP contribution is 2.34. The van der Waals surface area contributed by atoms with Crippen LogP contribution in [0.1, 0.15) is 44.6 Å². The molecule has 0 saturated heterocycles. The van der Waals surface area contributed by atoms with E-state index < -0.39 is 0 Å². The minimum absolute atomic E-state index is 0.154. The van der Waals surface area contributed by atoms with Gasteiger partial charge in [-0.25, -0.2) is 4.39 Å². The standard InChI is InChI=1S/C16H23ClFN/c1-3-12-7-9-14(10-8-12)19(2)16-13(11-17)5-4-6-15(16)18/h4-6,12,14H,3,7-11H2,1-2H3. The minimum atomic E-state index is -0.154. The summed E-state index contributed by atoms with van der Waals surface area (Å²) < 4.78 is 14.1. The Hall–Kier alpha value is -0.760. The summed E-state index contributed by atoms with van der Waals surface area (Å²) in [6, 6.07) is 5.62. The van der Waals surface area contributed by atoms with Crippen molar-refractivity contribution in [2.24, 2.45) is 5.92 Å². The summed E-state index contributed by atoms with van der Waals surface area (Å²) >= 11 is 5.94. The molecule has 1 aromatic rings. The monoisotopic (exact) mass is 283 g/mol. The van der Waals surface area contributed by atoms with Gasteiger partial charge in [0, 0.05) is 19.0 Å². The number of anilines is 1. The molecule has 0 atom stereocenters. The van der Waals surface area contributed by atoms with E-state index in [1.807, 2.05) is 13.1 Å². The molecule has 1 nitrogen and oxygen atoms in total. The highest BCUT2D eigenvalue weighted by Gasteiger charge is 2.25. The van der Waals surface area contributed by atoms with Gasteiger partial charge in [-0.3, -0.25) is 0 Å². The van der Waals surface area contributed by atoms with Crippen LogP contribution in [0.3, 0.4) is 0 Å². The summed E-state index contributed by atoms with van der Waals surface area (Å²) in [5.74, 6) is 1.07. The summed E-state index contributed by atoms with van der Waals surface area (Å²) in [4.78, 5) is 2.11. The van der Waals surface area contributed by atoms with Gasteiger partial charge in [0.05, 0.1) is 5.69 Å². The van der Waals surface area contributed by atoms with Crippen LogP contribution in [0.25, 0.3) is 0 Å². The number of alkyl halides is 1. The number of hydrogen-bond acceptors (Lipinski definition) is 1. The van der Waals surface area contributed by atoms with Crippen LogP contribution in [0.2, 0.25) is 0 Å². The predicted octanol–water partition coefficient (Wildman–Crippen LogP) is 4.97. The fraction of sp³-hybridized carbons (Fsp3) is 0.625. The van der Waals surface area contributed by atoms with E-state index in [0.29, 0.717) is 17.6 Å². The number of rotatable bonds is 4. The molecule has 1 aromatic carbocycles. The van der Waals surface area contributed by atoms with Gasteiger partial charge in [0.25, 0.3) is 0 Å². The van der Waals surface area contributed by atoms with Crippen molar-refractivity contribution in [3.8, 4) is 0 Å². The normalized spacial score (nSPS) is 23.4. The lowest BCUT2D eigenvalue weighted by molar-refractivity contribution is 0.312. The molecule has 0 aliphatic heterocycles. The quantitative estimate of drug-likeness (QED) is 0.705. The molecule has 1 fully saturated rings. The number of nitrogens with zero attached hydrogens (tertiary/aromatic N) is 1. The van der Waals surface area contributed by atoms with E-state index >= 15 is 0 Å². The largest absolute Gasteiger partial charge is 0.369 e. The molecule has 0 unspecified atom stereocenters. The maximum atomic E-state index is 14.1. The fourth-order valence-corrected chi connectivity index (χ4v) is 3.40. The van der Waals surface area contributed by atoms with E-state index in [0.717, 1.165) is 24.3 Å². The highest BCUT2D eigenvalue weighted by molar-refractivity contribution is 6.17. The summed E-state index contributed by atoms with van der Waals surface area (Å²) in [7, 11) is 2.01. The van der Waals surface area contributed by atoms with E-state index in [1.165, 1.54) is 25.3 Å². The molecule has 0 spiro atoms. The van der Waals surface area contributed by atoms with E-state index in [-0.39, 0.29) is 5.82 Å². The van der Waals surface area contributed by atoms with Crippen LogP contribution < -0.4 is 4.90 Å². The average molecular weight is 284 g/mol. The van der Waals surface area contributed by atoms with Gasteiger partial charge in [-0.2, -0.15) is 0 Å². The van der Waals surface area contributed by atoms with Gasteiger partial charge in [-0.15, -0.1) is 11.6 Å². The topological polar surface area (TPSA) is 3.24 Å². The second kappa shape index (κ2) is 6.60. The Bertz CT molecular complexity index is 413. The van der Waals surface area contributed by atoms with Crippen molar-refractivity contribution in [3.63, 3.8) is 0 Å². The Morgan fingerprint density at radius 2 is 1.95 bits per heavy atom. The third-order valence-electron chi connectivity index (χ3n) is 4.51. The van der Waals surface area contributed by atoms with Crippen LogP contribution in [-0.2, 0) is 5.88 Å². The lowest BCUT2D eigenvalue weighted by Gasteiger charge is -2.36. The second-order valence-electron chi connectivity index (χ2n) is 5.57. The first-order valence-electron chi connectivity index (χ1n) is 7.23. The minimum Gasteiger partial charge on any atom is -0.369 e. The Morgan fingerprint density at radius 1 is 1.26 bits per heavy atom. The molecule has 1 saturated carbocycles. The van der Waals surface area contributed by atoms with Crippen LogP contribution in [0.4, 0.5) is 10.1 Å². The molecule has 0 heterocycles. The highest BCUT2D eigenvalue weighted by atomic mass is 35.5. The Balaban J connectivity index is 2.14. The molecule has 1 aliphatic carbocycles. The SMILES string of the molecule is CCC1CCC(N(C)c2c(F)cccc2CCl)CC1. The van der Waals surface area contributed by atoms with Gasteiger partial charge in [-0.05, 0) is 43.2 Å². The first kappa shape index (κ1) is 14.6. The first-order chi connectivity index (χ1) is 9.17. The molecule has 19 heavy (non-hydrogen) atoms. The van der Waals surface area contributed by atoms with Crippen LogP contribution in [0.5, 0.6) is 0 Å². The molecule has 1 aliphatic rings. The van der Waals surface area contributed by atoms with Crippen LogP contribution in [0.15, 0.2) is 18.2 Å². The number of halogens is 2. The van der Waals surface area contributed by atoms with Crippen molar-refractivity contribution in [1.29, 1.82) is 0 Å². The molecule has 2 rings (SSSR count). The van der Waals surface area contributed by atoms with Crippen molar-refractivity contribution in [1.82, 2.24) is 0 Å². The van der Waals surface area contributed by atoms with Gasteiger partial charge < -0.3 is 4.90 Å². The molecular weight excluding hydrogens is 261 g/mol. The molecule has 0 radical (unpaired) electrons. The first-order valence-corrected chi connectivity index (χ1v) is 7.77. The average Bonchev–Trinajstić information content (AvgIpc) is 2.46. The third kappa shape index (κ3) is 3.22. The maximum Gasteiger partial charge on any atom is 0.146 e. The van der Waals surface area contributed by atoms with Crippen LogP contribution >= 0.6 is 11.6 Å². The summed E-state index contributed by atoms with van der Waals surface area (Å²) in [5, 5.41) is 0. The third-order valence-corrected chi connectivity index (χ3v) is 4.80. The van der Waals surface area contributed by atoms with Gasteiger partial charge in [0.2, 0.25) is 0 Å². The molecule has 0 bridgehead atoms. The predicted molar refractivity (Wildman–Crippen MR) is 80.4 cm³/mol. The van der Waals surface area contributed by atoms with Crippen molar-refractivity contribution < 1.29 is 4.39 Å². The second-order valence-corrected chi connectivity index (χ2v) is 5.84. The molecule has 0 amide bonds. The molecule has 0 aromatic heterocycles. The fourth-order valence-electron chi connectivity index (χ4n) is 3.19. The number of para-hydroxylation sites is 1. The summed E-state index contributed by atoms with van der Waals surface area (Å²) in [6.07, 6.45) is 6.10. The van der Waals surface area contributed by atoms with Gasteiger partial charge in [-0.1, -0.05) is 25.5 Å². The van der Waals surface area contributed by atoms with E-state index in [4.69, 9.17) is 11.6 Å². The van der Waals surface area contributed by atoms with Gasteiger partial charge in [0.1, 0.15) is 5.82 Å². The number of hydrogen-bond donors (Lipinski definition) is 0. The summed E-state index contributed by atoms with van der Waals surface area (Å²) in [6.45, 7) is 2.26. The van der Waals surface area contributed by atoms with Crippen LogP contribution in [-0.4, -0.2) is 13.1 Å². The van der Waals surface area contributed by atoms with Gasteiger partial charge in [0.15, 0.2) is 0 Å². The molecule has 0 N–H and O–H groups in total. The van der Waals surface area contributed by atoms with E-state index in [9.17, 15) is 4.39 Å². The Morgan fingerprint density at radius 3 is 2.53 bits per heavy atom. The summed E-state index contributed by atoms with van der Waals surface area (Å²) in [5.41, 5.74) is 1.58. The molecule has 106 valence electrons. The number of benzene rings is 1. The molecule has 3 heteroatoms. The van der Waals surface area contributed by atoms with E-state index in [2.05, 4.69) is 11.8 Å². The van der Waals surface area contributed by atoms with E-state index in [1.54, 1.807) is 6.07 Å². The smallest absolute Gasteiger partial charge is 0.146 e. The maximum absolute atomic E-state index is 14.1. The zero-order chi connectivity index (χ0) is 13.8. The van der Waals surface area contributed by atoms with Crippen molar-refractivity contribution in [2.45, 2.75) is 50.9 Å². The van der Waals surface area contributed by atoms with Crippen molar-refractivity contribution in [2.75, 3.05) is 11.9 Å². The zero-order valence-electron chi connectivity index (χ0n) is 11.8. The lowest BCUT2D eigenvalue weighted by atomic mass is 9.84.